The number of amides is 1. The predicted molar refractivity (Wildman–Crippen MR) is 134 cm³/mol. The second-order valence-electron chi connectivity index (χ2n) is 8.06. The van der Waals surface area contributed by atoms with Gasteiger partial charge < -0.3 is 19.0 Å². The van der Waals surface area contributed by atoms with E-state index in [9.17, 15) is 26.8 Å². The fraction of sp³-hybridized carbons (Fsp3) is 0.200. The largest absolute Gasteiger partial charge is 0.454 e. The number of aryl methyl sites for hydroxylation is 1. The summed E-state index contributed by atoms with van der Waals surface area (Å²) in [6, 6.07) is 8.47. The number of anilines is 1. The molecule has 9 nitrogen and oxygen atoms in total. The Kier molecular flexibility index (Phi) is 7.03. The van der Waals surface area contributed by atoms with Gasteiger partial charge in [-0.15, -0.1) is 0 Å². The minimum Gasteiger partial charge on any atom is -0.454 e. The number of ether oxygens (including phenoxy) is 1. The monoisotopic (exact) mass is 531 g/mol. The van der Waals surface area contributed by atoms with Gasteiger partial charge in [0, 0.05) is 48.1 Å². The molecule has 0 aliphatic rings. The summed E-state index contributed by atoms with van der Waals surface area (Å²) in [5.74, 6) is -2.74. The molecule has 0 bridgehead atoms. The standard InChI is InChI=1S/C25H23F2N3O6S/c1-4-28-24(31)22-12-17-18(13-30(3)25(32)23(17)36-22)16-11-15(29-37(33,34)5-2)7-9-20(16)35-21-8-6-14(26)10-19(21)27/h6-13,29H,4-5H2,1-3H3,(H,28,31). The fourth-order valence-electron chi connectivity index (χ4n) is 3.63. The van der Waals surface area contributed by atoms with Crippen molar-refractivity contribution < 1.29 is 31.1 Å². The highest BCUT2D eigenvalue weighted by molar-refractivity contribution is 7.92. The van der Waals surface area contributed by atoms with Crippen molar-refractivity contribution in [2.45, 2.75) is 13.8 Å². The normalized spacial score (nSPS) is 11.5. The van der Waals surface area contributed by atoms with E-state index >= 15 is 0 Å². The molecule has 0 saturated carbocycles. The molecule has 1 amide bonds. The number of sulfonamides is 1. The lowest BCUT2D eigenvalue weighted by molar-refractivity contribution is 0.0930. The Balaban J connectivity index is 1.96. The van der Waals surface area contributed by atoms with Gasteiger partial charge in [0.1, 0.15) is 11.6 Å². The van der Waals surface area contributed by atoms with E-state index in [-0.39, 0.29) is 45.2 Å². The number of aromatic nitrogens is 1. The molecule has 0 radical (unpaired) electrons. The van der Waals surface area contributed by atoms with E-state index in [2.05, 4.69) is 10.0 Å². The molecule has 0 atom stereocenters. The second-order valence-corrected chi connectivity index (χ2v) is 10.1. The van der Waals surface area contributed by atoms with Gasteiger partial charge >= 0.3 is 0 Å². The Morgan fingerprint density at radius 3 is 2.46 bits per heavy atom. The van der Waals surface area contributed by atoms with Crippen LogP contribution in [0.2, 0.25) is 0 Å². The Bertz CT molecular complexity index is 1680. The summed E-state index contributed by atoms with van der Waals surface area (Å²) in [5, 5.41) is 2.85. The molecule has 12 heteroatoms. The minimum absolute atomic E-state index is 0.0747. The van der Waals surface area contributed by atoms with Gasteiger partial charge in [-0.3, -0.25) is 14.3 Å². The first-order valence-electron chi connectivity index (χ1n) is 11.2. The zero-order chi connectivity index (χ0) is 26.9. The Morgan fingerprint density at radius 1 is 1.05 bits per heavy atom. The summed E-state index contributed by atoms with van der Waals surface area (Å²) >= 11 is 0. The second kappa shape index (κ2) is 10.1. The van der Waals surface area contributed by atoms with Crippen LogP contribution in [0, 0.1) is 11.6 Å². The lowest BCUT2D eigenvalue weighted by Crippen LogP contribution is -2.22. The first-order valence-corrected chi connectivity index (χ1v) is 12.9. The van der Waals surface area contributed by atoms with Crippen molar-refractivity contribution in [2.24, 2.45) is 7.05 Å². The smallest absolute Gasteiger partial charge is 0.293 e. The van der Waals surface area contributed by atoms with E-state index in [0.717, 1.165) is 12.1 Å². The van der Waals surface area contributed by atoms with Crippen LogP contribution in [-0.2, 0) is 17.1 Å². The first-order chi connectivity index (χ1) is 17.5. The molecule has 0 spiro atoms. The molecule has 4 aromatic rings. The lowest BCUT2D eigenvalue weighted by Gasteiger charge is -2.16. The summed E-state index contributed by atoms with van der Waals surface area (Å²) in [6.45, 7) is 3.54. The number of benzene rings is 2. The highest BCUT2D eigenvalue weighted by Gasteiger charge is 2.22. The van der Waals surface area contributed by atoms with Gasteiger partial charge in [0.15, 0.2) is 17.3 Å². The third kappa shape index (κ3) is 5.33. The molecule has 0 aliphatic carbocycles. The summed E-state index contributed by atoms with van der Waals surface area (Å²) in [5.41, 5.74) is 0.150. The van der Waals surface area contributed by atoms with Gasteiger partial charge in [-0.25, -0.2) is 17.2 Å². The van der Waals surface area contributed by atoms with Gasteiger partial charge in [0.25, 0.3) is 11.5 Å². The number of rotatable bonds is 8. The quantitative estimate of drug-likeness (QED) is 0.348. The number of halogens is 2. The molecular formula is C25H23F2N3O6S. The average molecular weight is 532 g/mol. The average Bonchev–Trinajstić information content (AvgIpc) is 3.30. The maximum absolute atomic E-state index is 14.4. The van der Waals surface area contributed by atoms with E-state index in [1.54, 1.807) is 6.92 Å². The minimum atomic E-state index is -3.64. The van der Waals surface area contributed by atoms with Gasteiger partial charge in [-0.2, -0.15) is 0 Å². The Labute approximate surface area is 210 Å². The highest BCUT2D eigenvalue weighted by atomic mass is 32.2. The van der Waals surface area contributed by atoms with Gasteiger partial charge in [-0.1, -0.05) is 0 Å². The lowest BCUT2D eigenvalue weighted by atomic mass is 10.0. The van der Waals surface area contributed by atoms with Gasteiger partial charge in [0.2, 0.25) is 15.6 Å². The maximum atomic E-state index is 14.4. The highest BCUT2D eigenvalue weighted by Crippen LogP contribution is 2.39. The van der Waals surface area contributed by atoms with Crippen molar-refractivity contribution in [3.8, 4) is 22.6 Å². The Hall–Kier alpha value is -4.19. The molecule has 0 fully saturated rings. The van der Waals surface area contributed by atoms with Crippen LogP contribution in [0.5, 0.6) is 11.5 Å². The molecule has 194 valence electrons. The summed E-state index contributed by atoms with van der Waals surface area (Å²) < 4.78 is 67.2. The van der Waals surface area contributed by atoms with Crippen LogP contribution in [0.15, 0.2) is 57.9 Å². The zero-order valence-electron chi connectivity index (χ0n) is 20.1. The number of carbonyl (C=O) groups is 1. The van der Waals surface area contributed by atoms with E-state index in [1.807, 2.05) is 0 Å². The van der Waals surface area contributed by atoms with Crippen LogP contribution in [0.1, 0.15) is 24.4 Å². The molecular weight excluding hydrogens is 508 g/mol. The third-order valence-corrected chi connectivity index (χ3v) is 6.76. The SMILES string of the molecule is CCNC(=O)c1cc2c(-c3cc(NS(=O)(=O)CC)ccc3Oc3ccc(F)cc3F)cn(C)c(=O)c2o1. The fourth-order valence-corrected chi connectivity index (χ4v) is 4.26. The molecule has 2 aromatic heterocycles. The summed E-state index contributed by atoms with van der Waals surface area (Å²) in [4.78, 5) is 25.2. The van der Waals surface area contributed by atoms with E-state index < -0.39 is 33.1 Å². The number of pyridine rings is 1. The first kappa shape index (κ1) is 25.9. The van der Waals surface area contributed by atoms with E-state index in [0.29, 0.717) is 18.2 Å². The summed E-state index contributed by atoms with van der Waals surface area (Å²) in [6.07, 6.45) is 1.46. The number of hydrogen-bond donors (Lipinski definition) is 2. The van der Waals surface area contributed by atoms with Crippen LogP contribution in [-0.4, -0.2) is 31.2 Å². The van der Waals surface area contributed by atoms with Gasteiger partial charge in [-0.05, 0) is 50.2 Å². The van der Waals surface area contributed by atoms with Crippen molar-refractivity contribution in [2.75, 3.05) is 17.0 Å². The van der Waals surface area contributed by atoms with Crippen LogP contribution >= 0.6 is 0 Å². The molecule has 2 aromatic carbocycles. The Morgan fingerprint density at radius 2 is 1.78 bits per heavy atom. The molecule has 0 saturated heterocycles. The van der Waals surface area contributed by atoms with Crippen molar-refractivity contribution in [1.82, 2.24) is 9.88 Å². The van der Waals surface area contributed by atoms with Crippen molar-refractivity contribution in [3.05, 3.63) is 76.4 Å². The number of hydrogen-bond acceptors (Lipinski definition) is 6. The molecule has 4 rings (SSSR count). The number of nitrogens with one attached hydrogen (secondary N) is 2. The number of furan rings is 1. The number of nitrogens with zero attached hydrogens (tertiary/aromatic N) is 1. The topological polar surface area (TPSA) is 120 Å². The maximum Gasteiger partial charge on any atom is 0.293 e. The van der Waals surface area contributed by atoms with Crippen LogP contribution < -0.4 is 20.3 Å². The molecule has 2 N–H and O–H groups in total. The van der Waals surface area contributed by atoms with Gasteiger partial charge in [0.05, 0.1) is 5.75 Å². The number of carbonyl (C=O) groups excluding carboxylic acids is 1. The van der Waals surface area contributed by atoms with Crippen molar-refractivity contribution in [1.29, 1.82) is 0 Å². The molecule has 37 heavy (non-hydrogen) atoms. The van der Waals surface area contributed by atoms with Crippen molar-refractivity contribution >= 4 is 32.6 Å². The summed E-state index contributed by atoms with van der Waals surface area (Å²) in [7, 11) is -2.17. The molecule has 0 unspecified atom stereocenters. The molecule has 2 heterocycles. The van der Waals surface area contributed by atoms with E-state index in [1.165, 1.54) is 49.0 Å². The van der Waals surface area contributed by atoms with Crippen LogP contribution in [0.25, 0.3) is 22.1 Å². The zero-order valence-corrected chi connectivity index (χ0v) is 20.9. The molecule has 0 aliphatic heterocycles. The van der Waals surface area contributed by atoms with Crippen molar-refractivity contribution in [3.63, 3.8) is 0 Å². The number of fused-ring (bicyclic) bond motifs is 1. The van der Waals surface area contributed by atoms with E-state index in [4.69, 9.17) is 9.15 Å². The van der Waals surface area contributed by atoms with Crippen LogP contribution in [0.4, 0.5) is 14.5 Å². The predicted octanol–water partition coefficient (Wildman–Crippen LogP) is 4.38. The van der Waals surface area contributed by atoms with Crippen LogP contribution in [0.3, 0.4) is 0 Å². The third-order valence-electron chi connectivity index (χ3n) is 5.46.